The lowest BCUT2D eigenvalue weighted by molar-refractivity contribution is -0.137. The second-order valence-corrected chi connectivity index (χ2v) is 6.41. The van der Waals surface area contributed by atoms with Crippen LogP contribution in [0.5, 0.6) is 0 Å². The zero-order chi connectivity index (χ0) is 16.0. The van der Waals surface area contributed by atoms with Gasteiger partial charge in [-0.25, -0.2) is 0 Å². The van der Waals surface area contributed by atoms with Crippen molar-refractivity contribution >= 4 is 16.7 Å². The smallest absolute Gasteiger partial charge is 0.355 e. The zero-order valence-electron chi connectivity index (χ0n) is 11.9. The highest BCUT2D eigenvalue weighted by Crippen LogP contribution is 2.29. The normalized spacial score (nSPS) is 14.5. The molecule has 0 saturated heterocycles. The van der Waals surface area contributed by atoms with E-state index in [4.69, 9.17) is 0 Å². The van der Waals surface area contributed by atoms with E-state index in [-0.39, 0.29) is 11.7 Å². The Morgan fingerprint density at radius 1 is 1.38 bits per heavy atom. The lowest BCUT2D eigenvalue weighted by atomic mass is 10.1. The quantitative estimate of drug-likeness (QED) is 0.876. The minimum Gasteiger partial charge on any atom is -0.355 e. The lowest BCUT2D eigenvalue weighted by Gasteiger charge is -2.13. The van der Waals surface area contributed by atoms with E-state index in [1.54, 1.807) is 0 Å². The summed E-state index contributed by atoms with van der Waals surface area (Å²) in [4.78, 5) is 11.7. The summed E-state index contributed by atoms with van der Waals surface area (Å²) in [5, 5.41) is 1.86. The van der Waals surface area contributed by atoms with Gasteiger partial charge in [-0.3, -0.25) is 9.00 Å². The molecule has 1 aromatic rings. The molecule has 1 rings (SSSR count). The Balaban J connectivity index is 2.73. The molecule has 3 nitrogen and oxygen atoms in total. The maximum Gasteiger partial charge on any atom is 0.416 e. The van der Waals surface area contributed by atoms with Crippen molar-refractivity contribution in [3.8, 4) is 0 Å². The summed E-state index contributed by atoms with van der Waals surface area (Å²) in [7, 11) is -1.56. The molecule has 0 aliphatic carbocycles. The second-order valence-electron chi connectivity index (χ2n) is 4.66. The Labute approximate surface area is 124 Å². The molecule has 0 aliphatic heterocycles. The number of hydrogen-bond donors (Lipinski definition) is 1. The number of carbonyl (C=O) groups excluding carboxylic acids is 1. The van der Waals surface area contributed by atoms with Gasteiger partial charge in [0.1, 0.15) is 5.25 Å². The highest BCUT2D eigenvalue weighted by Gasteiger charge is 2.30. The predicted molar refractivity (Wildman–Crippen MR) is 76.1 cm³/mol. The Bertz CT molecular complexity index is 517. The van der Waals surface area contributed by atoms with Gasteiger partial charge in [-0.15, -0.1) is 0 Å². The number of halogens is 3. The largest absolute Gasteiger partial charge is 0.416 e. The molecule has 1 amide bonds. The van der Waals surface area contributed by atoms with Crippen molar-refractivity contribution in [2.24, 2.45) is 0 Å². The van der Waals surface area contributed by atoms with Gasteiger partial charge in [0, 0.05) is 23.1 Å². The fraction of sp³-hybridized carbons (Fsp3) is 0.500. The third-order valence-electron chi connectivity index (χ3n) is 2.88. The number of hydrogen-bond acceptors (Lipinski definition) is 2. The van der Waals surface area contributed by atoms with Gasteiger partial charge >= 0.3 is 6.18 Å². The summed E-state index contributed by atoms with van der Waals surface area (Å²) in [6.45, 7) is 3.89. The number of nitrogens with one attached hydrogen (secondary N) is 1. The maximum absolute atomic E-state index is 12.6. The van der Waals surface area contributed by atoms with Crippen LogP contribution in [-0.2, 0) is 27.5 Å². The lowest BCUT2D eigenvalue weighted by Crippen LogP contribution is -2.36. The number of amides is 1. The standard InChI is InChI=1S/C14H18F3NO2S/c1-3-7-18-13(19)10(2)21(20)9-11-5-4-6-12(8-11)14(15,16)17/h4-6,8,10H,3,7,9H2,1-2H3,(H,18,19)/t10-,21+/m1/s1. The van der Waals surface area contributed by atoms with Crippen LogP contribution in [-0.4, -0.2) is 21.9 Å². The van der Waals surface area contributed by atoms with Gasteiger partial charge in [-0.2, -0.15) is 13.2 Å². The van der Waals surface area contributed by atoms with Crippen LogP contribution in [0.3, 0.4) is 0 Å². The molecule has 0 aliphatic rings. The molecule has 0 unspecified atom stereocenters. The molecule has 0 radical (unpaired) electrons. The van der Waals surface area contributed by atoms with E-state index in [1.807, 2.05) is 6.92 Å². The molecular weight excluding hydrogens is 303 g/mol. The first kappa shape index (κ1) is 17.7. The molecule has 0 saturated carbocycles. The first-order valence-corrected chi connectivity index (χ1v) is 7.95. The van der Waals surface area contributed by atoms with Crippen molar-refractivity contribution in [3.63, 3.8) is 0 Å². The van der Waals surface area contributed by atoms with E-state index >= 15 is 0 Å². The summed E-state index contributed by atoms with van der Waals surface area (Å²) in [5.41, 5.74) is -0.474. The van der Waals surface area contributed by atoms with Crippen LogP contribution >= 0.6 is 0 Å². The molecule has 0 bridgehead atoms. The van der Waals surface area contributed by atoms with Crippen LogP contribution in [0.25, 0.3) is 0 Å². The fourth-order valence-corrected chi connectivity index (χ4v) is 2.72. The molecule has 7 heteroatoms. The molecule has 0 aromatic heterocycles. The molecule has 118 valence electrons. The van der Waals surface area contributed by atoms with Crippen LogP contribution in [0.1, 0.15) is 31.4 Å². The number of alkyl halides is 3. The Hall–Kier alpha value is -1.37. The van der Waals surface area contributed by atoms with E-state index < -0.39 is 27.8 Å². The highest BCUT2D eigenvalue weighted by molar-refractivity contribution is 7.85. The van der Waals surface area contributed by atoms with Gasteiger partial charge in [0.05, 0.1) is 5.56 Å². The van der Waals surface area contributed by atoms with Crippen molar-refractivity contribution in [1.82, 2.24) is 5.32 Å². The summed E-state index contributed by atoms with van der Waals surface area (Å²) < 4.78 is 49.8. The molecule has 1 aromatic carbocycles. The Morgan fingerprint density at radius 2 is 2.05 bits per heavy atom. The molecule has 0 spiro atoms. The second kappa shape index (κ2) is 7.59. The molecule has 2 atom stereocenters. The van der Waals surface area contributed by atoms with Crippen molar-refractivity contribution in [1.29, 1.82) is 0 Å². The summed E-state index contributed by atoms with van der Waals surface area (Å²) in [6, 6.07) is 4.68. The third kappa shape index (κ3) is 5.49. The van der Waals surface area contributed by atoms with Gasteiger partial charge in [0.2, 0.25) is 5.91 Å². The van der Waals surface area contributed by atoms with E-state index in [2.05, 4.69) is 5.32 Å². The molecule has 1 N–H and O–H groups in total. The SMILES string of the molecule is CCCNC(=O)[C@@H](C)[S@@](=O)Cc1cccc(C(F)(F)F)c1. The van der Waals surface area contributed by atoms with Gasteiger partial charge in [0.25, 0.3) is 0 Å². The van der Waals surface area contributed by atoms with Crippen LogP contribution in [0.15, 0.2) is 24.3 Å². The van der Waals surface area contributed by atoms with Crippen molar-refractivity contribution in [2.45, 2.75) is 37.4 Å². The van der Waals surface area contributed by atoms with Crippen molar-refractivity contribution in [3.05, 3.63) is 35.4 Å². The van der Waals surface area contributed by atoms with E-state index in [0.29, 0.717) is 12.1 Å². The van der Waals surface area contributed by atoms with Gasteiger partial charge < -0.3 is 5.32 Å². The van der Waals surface area contributed by atoms with Gasteiger partial charge in [-0.05, 0) is 25.0 Å². The Kier molecular flexibility index (Phi) is 6.39. The maximum atomic E-state index is 12.6. The number of benzene rings is 1. The first-order chi connectivity index (χ1) is 9.75. The summed E-state index contributed by atoms with van der Waals surface area (Å²) in [6.07, 6.45) is -3.67. The van der Waals surface area contributed by atoms with Crippen LogP contribution in [0.4, 0.5) is 13.2 Å². The minimum atomic E-state index is -4.43. The monoisotopic (exact) mass is 321 g/mol. The Morgan fingerprint density at radius 3 is 2.62 bits per heavy atom. The van der Waals surface area contributed by atoms with E-state index in [1.165, 1.54) is 19.1 Å². The molecular formula is C14H18F3NO2S. The third-order valence-corrected chi connectivity index (χ3v) is 4.50. The summed E-state index contributed by atoms with van der Waals surface area (Å²) >= 11 is 0. The van der Waals surface area contributed by atoms with Gasteiger partial charge in [-0.1, -0.05) is 25.1 Å². The summed E-state index contributed by atoms with van der Waals surface area (Å²) in [5.74, 6) is -0.424. The zero-order valence-corrected chi connectivity index (χ0v) is 12.7. The van der Waals surface area contributed by atoms with Crippen molar-refractivity contribution < 1.29 is 22.2 Å². The molecule has 21 heavy (non-hydrogen) atoms. The number of rotatable bonds is 6. The van der Waals surface area contributed by atoms with Gasteiger partial charge in [0.15, 0.2) is 0 Å². The van der Waals surface area contributed by atoms with E-state index in [0.717, 1.165) is 18.6 Å². The van der Waals surface area contributed by atoms with Crippen molar-refractivity contribution in [2.75, 3.05) is 6.54 Å². The topological polar surface area (TPSA) is 46.2 Å². The minimum absolute atomic E-state index is 0.0787. The van der Waals surface area contributed by atoms with Crippen LogP contribution in [0, 0.1) is 0 Å². The molecule has 0 heterocycles. The average Bonchev–Trinajstić information content (AvgIpc) is 2.43. The fourth-order valence-electron chi connectivity index (χ4n) is 1.64. The molecule has 0 fully saturated rings. The number of carbonyl (C=O) groups is 1. The average molecular weight is 321 g/mol. The predicted octanol–water partition coefficient (Wildman–Crippen LogP) is 2.87. The van der Waals surface area contributed by atoms with E-state index in [9.17, 15) is 22.2 Å². The highest BCUT2D eigenvalue weighted by atomic mass is 32.2. The van der Waals surface area contributed by atoms with Crippen LogP contribution in [0.2, 0.25) is 0 Å². The first-order valence-electron chi connectivity index (χ1n) is 6.56. The van der Waals surface area contributed by atoms with Crippen LogP contribution < -0.4 is 5.32 Å².